The molecule has 0 heterocycles. The highest BCUT2D eigenvalue weighted by Gasteiger charge is 2.37. The zero-order valence-electron chi connectivity index (χ0n) is 20.9. The van der Waals surface area contributed by atoms with Crippen molar-refractivity contribution >= 4 is 5.91 Å². The highest BCUT2D eigenvalue weighted by Crippen LogP contribution is 2.19. The van der Waals surface area contributed by atoms with Crippen LogP contribution < -0.4 is 5.32 Å². The number of carbonyl (C=O) groups excluding carboxylic acids is 1. The van der Waals surface area contributed by atoms with Gasteiger partial charge in [0.25, 0.3) is 5.91 Å². The number of nitrogens with one attached hydrogen (secondary N) is 1. The minimum absolute atomic E-state index is 0.231. The first-order chi connectivity index (χ1) is 17.7. The van der Waals surface area contributed by atoms with Gasteiger partial charge in [-0.25, -0.2) is 0 Å². The number of aliphatic hydroxyl groups is 1. The maximum atomic E-state index is 13.3. The molecular formula is C30H37NO5. The lowest BCUT2D eigenvalue weighted by Crippen LogP contribution is -2.52. The summed E-state index contributed by atoms with van der Waals surface area (Å²) < 4.78 is 18.6. The third-order valence-corrected chi connectivity index (χ3v) is 5.80. The molecule has 0 fully saturated rings. The molecule has 0 radical (unpaired) electrons. The number of ether oxygens (including phenoxy) is 3. The van der Waals surface area contributed by atoms with Gasteiger partial charge < -0.3 is 24.6 Å². The van der Waals surface area contributed by atoms with Crippen molar-refractivity contribution < 1.29 is 24.1 Å². The standard InChI is InChI=1S/C30H37NO5/c1-2-3-19-31-30(33)29(36-23-26-17-11-6-12-18-26)28(35-22-25-15-9-5-10-16-25)27(20-32)34-21-24-13-7-4-8-14-24/h4-18,27-29,32H,2-3,19-23H2,1H3,(H,31,33)/t27-,28+,29+/m0/s1. The lowest BCUT2D eigenvalue weighted by molar-refractivity contribution is -0.174. The van der Waals surface area contributed by atoms with Gasteiger partial charge in [0.05, 0.1) is 26.4 Å². The first-order valence-corrected chi connectivity index (χ1v) is 12.6. The van der Waals surface area contributed by atoms with Crippen LogP contribution in [0.15, 0.2) is 91.0 Å². The molecule has 1 amide bonds. The third kappa shape index (κ3) is 9.21. The Morgan fingerprint density at radius 1 is 0.750 bits per heavy atom. The number of amides is 1. The molecule has 0 unspecified atom stereocenters. The van der Waals surface area contributed by atoms with Crippen LogP contribution >= 0.6 is 0 Å². The van der Waals surface area contributed by atoms with Crippen molar-refractivity contribution in [3.05, 3.63) is 108 Å². The number of hydrogen-bond donors (Lipinski definition) is 2. The van der Waals surface area contributed by atoms with Gasteiger partial charge in [-0.1, -0.05) is 104 Å². The van der Waals surface area contributed by atoms with Crippen LogP contribution in [0.5, 0.6) is 0 Å². The molecule has 36 heavy (non-hydrogen) atoms. The van der Waals surface area contributed by atoms with Crippen molar-refractivity contribution in [2.75, 3.05) is 13.2 Å². The van der Waals surface area contributed by atoms with Crippen molar-refractivity contribution in [3.63, 3.8) is 0 Å². The predicted octanol–water partition coefficient (Wildman–Crippen LogP) is 4.65. The SMILES string of the molecule is CCCCNC(=O)[C@H](OCc1ccccc1)[C@H](OCc1ccccc1)[C@H](CO)OCc1ccccc1. The van der Waals surface area contributed by atoms with Gasteiger partial charge in [0.1, 0.15) is 12.2 Å². The number of hydrogen-bond acceptors (Lipinski definition) is 5. The lowest BCUT2D eigenvalue weighted by Gasteiger charge is -2.32. The van der Waals surface area contributed by atoms with Gasteiger partial charge in [0.2, 0.25) is 0 Å². The smallest absolute Gasteiger partial charge is 0.251 e. The fourth-order valence-electron chi connectivity index (χ4n) is 3.75. The molecule has 0 aliphatic rings. The molecule has 0 bridgehead atoms. The Labute approximate surface area is 214 Å². The maximum absolute atomic E-state index is 13.3. The van der Waals surface area contributed by atoms with E-state index in [1.807, 2.05) is 91.0 Å². The Morgan fingerprint density at radius 2 is 1.22 bits per heavy atom. The molecule has 6 heteroatoms. The quantitative estimate of drug-likeness (QED) is 0.285. The first-order valence-electron chi connectivity index (χ1n) is 12.6. The Bertz CT molecular complexity index is 984. The molecule has 3 aromatic carbocycles. The number of benzene rings is 3. The van der Waals surface area contributed by atoms with Crippen molar-refractivity contribution in [1.29, 1.82) is 0 Å². The summed E-state index contributed by atoms with van der Waals surface area (Å²) in [5.74, 6) is -0.279. The maximum Gasteiger partial charge on any atom is 0.251 e. The summed E-state index contributed by atoms with van der Waals surface area (Å²) in [5, 5.41) is 13.3. The zero-order chi connectivity index (χ0) is 25.4. The summed E-state index contributed by atoms with van der Waals surface area (Å²) in [7, 11) is 0. The fraction of sp³-hybridized carbons (Fsp3) is 0.367. The average Bonchev–Trinajstić information content (AvgIpc) is 2.93. The van der Waals surface area contributed by atoms with Crippen LogP contribution in [0.3, 0.4) is 0 Å². The summed E-state index contributed by atoms with van der Waals surface area (Å²) in [6, 6.07) is 29.1. The van der Waals surface area contributed by atoms with Crippen LogP contribution in [-0.4, -0.2) is 42.5 Å². The number of rotatable bonds is 16. The molecule has 0 aliphatic heterocycles. The Hall–Kier alpha value is -3.03. The molecule has 192 valence electrons. The summed E-state index contributed by atoms with van der Waals surface area (Å²) in [5.41, 5.74) is 2.86. The van der Waals surface area contributed by atoms with Gasteiger partial charge in [0, 0.05) is 6.54 Å². The van der Waals surface area contributed by atoms with Crippen LogP contribution in [0.2, 0.25) is 0 Å². The van der Waals surface area contributed by atoms with E-state index in [1.165, 1.54) is 0 Å². The highest BCUT2D eigenvalue weighted by atomic mass is 16.6. The first kappa shape index (κ1) is 27.6. The van der Waals surface area contributed by atoms with E-state index in [0.29, 0.717) is 6.54 Å². The summed E-state index contributed by atoms with van der Waals surface area (Å²) in [6.07, 6.45) is -0.751. The third-order valence-electron chi connectivity index (χ3n) is 5.80. The van der Waals surface area contributed by atoms with E-state index in [4.69, 9.17) is 14.2 Å². The van der Waals surface area contributed by atoms with E-state index in [9.17, 15) is 9.90 Å². The van der Waals surface area contributed by atoms with Crippen molar-refractivity contribution in [2.45, 2.75) is 57.9 Å². The van der Waals surface area contributed by atoms with Gasteiger partial charge in [-0.05, 0) is 23.1 Å². The summed E-state index contributed by atoms with van der Waals surface area (Å²) in [6.45, 7) is 3.06. The Morgan fingerprint density at radius 3 is 1.69 bits per heavy atom. The molecule has 0 saturated heterocycles. The Balaban J connectivity index is 1.82. The van der Waals surface area contributed by atoms with Gasteiger partial charge >= 0.3 is 0 Å². The van der Waals surface area contributed by atoms with E-state index in [2.05, 4.69) is 12.2 Å². The van der Waals surface area contributed by atoms with Gasteiger partial charge in [-0.15, -0.1) is 0 Å². The van der Waals surface area contributed by atoms with Gasteiger partial charge in [0.15, 0.2) is 6.10 Å². The van der Waals surface area contributed by atoms with E-state index in [-0.39, 0.29) is 32.3 Å². The molecule has 0 aliphatic carbocycles. The minimum atomic E-state index is -0.973. The molecule has 0 aromatic heterocycles. The average molecular weight is 492 g/mol. The van der Waals surface area contributed by atoms with Crippen LogP contribution in [0, 0.1) is 0 Å². The largest absolute Gasteiger partial charge is 0.394 e. The monoisotopic (exact) mass is 491 g/mol. The molecular weight excluding hydrogens is 454 g/mol. The topological polar surface area (TPSA) is 77.0 Å². The normalized spacial score (nSPS) is 13.6. The summed E-state index contributed by atoms with van der Waals surface area (Å²) in [4.78, 5) is 13.3. The van der Waals surface area contributed by atoms with Crippen LogP contribution in [0.4, 0.5) is 0 Å². The van der Waals surface area contributed by atoms with Gasteiger partial charge in [-0.3, -0.25) is 4.79 Å². The van der Waals surface area contributed by atoms with Crippen LogP contribution in [-0.2, 0) is 38.8 Å². The van der Waals surface area contributed by atoms with Crippen molar-refractivity contribution in [3.8, 4) is 0 Å². The second kappa shape index (κ2) is 15.9. The zero-order valence-corrected chi connectivity index (χ0v) is 20.9. The van der Waals surface area contributed by atoms with E-state index < -0.39 is 18.3 Å². The second-order valence-electron chi connectivity index (χ2n) is 8.64. The van der Waals surface area contributed by atoms with E-state index in [1.54, 1.807) is 0 Å². The van der Waals surface area contributed by atoms with Crippen molar-refractivity contribution in [1.82, 2.24) is 5.32 Å². The molecule has 3 atom stereocenters. The Kier molecular flexibility index (Phi) is 12.1. The number of carbonyl (C=O) groups is 1. The highest BCUT2D eigenvalue weighted by molar-refractivity contribution is 5.81. The number of aliphatic hydroxyl groups excluding tert-OH is 1. The van der Waals surface area contributed by atoms with Crippen molar-refractivity contribution in [2.24, 2.45) is 0 Å². The minimum Gasteiger partial charge on any atom is -0.394 e. The molecule has 3 aromatic rings. The molecule has 2 N–H and O–H groups in total. The van der Waals surface area contributed by atoms with Crippen LogP contribution in [0.25, 0.3) is 0 Å². The predicted molar refractivity (Wildman–Crippen MR) is 140 cm³/mol. The molecule has 3 rings (SSSR count). The fourth-order valence-corrected chi connectivity index (χ4v) is 3.75. The summed E-state index contributed by atoms with van der Waals surface area (Å²) >= 11 is 0. The number of unbranched alkanes of at least 4 members (excludes halogenated alkanes) is 1. The lowest BCUT2D eigenvalue weighted by atomic mass is 10.1. The van der Waals surface area contributed by atoms with Crippen LogP contribution in [0.1, 0.15) is 36.5 Å². The van der Waals surface area contributed by atoms with E-state index >= 15 is 0 Å². The molecule has 0 saturated carbocycles. The van der Waals surface area contributed by atoms with E-state index in [0.717, 1.165) is 29.5 Å². The molecule has 0 spiro atoms. The second-order valence-corrected chi connectivity index (χ2v) is 8.64. The molecule has 6 nitrogen and oxygen atoms in total. The van der Waals surface area contributed by atoms with Gasteiger partial charge in [-0.2, -0.15) is 0 Å².